The summed E-state index contributed by atoms with van der Waals surface area (Å²) >= 11 is 0. The standard InChI is InChI=1S/C12H14N2O2S/c13-9-11-3-5-12(6-4-11)14-17(15,16)8-7-10-1-2-10/h3-6,10,14H,1-2,7-8H2. The van der Waals surface area contributed by atoms with E-state index in [0.29, 0.717) is 17.2 Å². The number of rotatable bonds is 5. The Labute approximate surface area is 101 Å². The number of nitrogens with one attached hydrogen (secondary N) is 1. The number of benzene rings is 1. The minimum Gasteiger partial charge on any atom is -0.284 e. The van der Waals surface area contributed by atoms with Crippen LogP contribution in [0.1, 0.15) is 24.8 Å². The van der Waals surface area contributed by atoms with Crippen LogP contribution in [0.4, 0.5) is 5.69 Å². The highest BCUT2D eigenvalue weighted by molar-refractivity contribution is 7.92. The molecule has 1 N–H and O–H groups in total. The molecule has 1 aliphatic rings. The van der Waals surface area contributed by atoms with Gasteiger partial charge in [-0.25, -0.2) is 8.42 Å². The van der Waals surface area contributed by atoms with E-state index in [-0.39, 0.29) is 5.75 Å². The second-order valence-electron chi connectivity index (χ2n) is 4.34. The number of hydrogen-bond donors (Lipinski definition) is 1. The fourth-order valence-corrected chi connectivity index (χ4v) is 2.81. The van der Waals surface area contributed by atoms with E-state index in [1.165, 1.54) is 0 Å². The van der Waals surface area contributed by atoms with E-state index < -0.39 is 10.0 Å². The molecule has 1 aliphatic carbocycles. The maximum atomic E-state index is 11.7. The zero-order chi connectivity index (χ0) is 12.3. The van der Waals surface area contributed by atoms with Crippen LogP contribution in [0.3, 0.4) is 0 Å². The van der Waals surface area contributed by atoms with E-state index in [4.69, 9.17) is 5.26 Å². The van der Waals surface area contributed by atoms with Gasteiger partial charge in [-0.05, 0) is 36.6 Å². The Morgan fingerprint density at radius 2 is 1.94 bits per heavy atom. The van der Waals surface area contributed by atoms with Gasteiger partial charge in [0.1, 0.15) is 0 Å². The van der Waals surface area contributed by atoms with Crippen molar-refractivity contribution in [3.63, 3.8) is 0 Å². The van der Waals surface area contributed by atoms with Crippen molar-refractivity contribution >= 4 is 15.7 Å². The van der Waals surface area contributed by atoms with Crippen molar-refractivity contribution < 1.29 is 8.42 Å². The van der Waals surface area contributed by atoms with Crippen molar-refractivity contribution in [2.24, 2.45) is 5.92 Å². The van der Waals surface area contributed by atoms with Crippen molar-refractivity contribution in [1.82, 2.24) is 0 Å². The minimum absolute atomic E-state index is 0.178. The highest BCUT2D eigenvalue weighted by Crippen LogP contribution is 2.32. The fourth-order valence-electron chi connectivity index (χ4n) is 1.57. The largest absolute Gasteiger partial charge is 0.284 e. The van der Waals surface area contributed by atoms with Gasteiger partial charge in [-0.2, -0.15) is 5.26 Å². The number of nitriles is 1. The monoisotopic (exact) mass is 250 g/mol. The average Bonchev–Trinajstić information content (AvgIpc) is 3.11. The molecule has 0 saturated heterocycles. The first-order chi connectivity index (χ1) is 8.09. The van der Waals surface area contributed by atoms with E-state index in [2.05, 4.69) is 4.72 Å². The summed E-state index contributed by atoms with van der Waals surface area (Å²) < 4.78 is 25.9. The lowest BCUT2D eigenvalue weighted by molar-refractivity contribution is 0.595. The molecule has 1 saturated carbocycles. The summed E-state index contributed by atoms with van der Waals surface area (Å²) in [6.45, 7) is 0. The van der Waals surface area contributed by atoms with Crippen LogP contribution >= 0.6 is 0 Å². The topological polar surface area (TPSA) is 70.0 Å². The first-order valence-electron chi connectivity index (χ1n) is 5.60. The van der Waals surface area contributed by atoms with Gasteiger partial charge in [-0.1, -0.05) is 12.8 Å². The number of anilines is 1. The molecule has 0 unspecified atom stereocenters. The molecular formula is C12H14N2O2S. The van der Waals surface area contributed by atoms with Crippen LogP contribution in [0.15, 0.2) is 24.3 Å². The lowest BCUT2D eigenvalue weighted by Gasteiger charge is -2.07. The molecule has 90 valence electrons. The Morgan fingerprint density at radius 1 is 1.29 bits per heavy atom. The lowest BCUT2D eigenvalue weighted by atomic mass is 10.2. The van der Waals surface area contributed by atoms with Crippen LogP contribution in [0.2, 0.25) is 0 Å². The van der Waals surface area contributed by atoms with Crippen LogP contribution in [-0.2, 0) is 10.0 Å². The first-order valence-corrected chi connectivity index (χ1v) is 7.25. The first kappa shape index (κ1) is 11.9. The summed E-state index contributed by atoms with van der Waals surface area (Å²) in [7, 11) is -3.24. The average molecular weight is 250 g/mol. The molecule has 1 aromatic rings. The molecule has 4 nitrogen and oxygen atoms in total. The highest BCUT2D eigenvalue weighted by atomic mass is 32.2. The maximum absolute atomic E-state index is 11.7. The molecule has 0 radical (unpaired) electrons. The van der Waals surface area contributed by atoms with Gasteiger partial charge in [0.15, 0.2) is 0 Å². The summed E-state index contributed by atoms with van der Waals surface area (Å²) in [5.41, 5.74) is 1.03. The zero-order valence-corrected chi connectivity index (χ0v) is 10.2. The van der Waals surface area contributed by atoms with Crippen LogP contribution in [-0.4, -0.2) is 14.2 Å². The third-order valence-corrected chi connectivity index (χ3v) is 4.10. The molecule has 17 heavy (non-hydrogen) atoms. The third-order valence-electron chi connectivity index (χ3n) is 2.78. The molecule has 2 rings (SSSR count). The molecule has 0 heterocycles. The van der Waals surface area contributed by atoms with Gasteiger partial charge in [-0.15, -0.1) is 0 Å². The van der Waals surface area contributed by atoms with E-state index in [1.807, 2.05) is 6.07 Å². The van der Waals surface area contributed by atoms with Gasteiger partial charge in [0.25, 0.3) is 0 Å². The smallest absolute Gasteiger partial charge is 0.232 e. The molecule has 0 bridgehead atoms. The van der Waals surface area contributed by atoms with Crippen LogP contribution in [0.25, 0.3) is 0 Å². The Hall–Kier alpha value is -1.54. The molecule has 0 aliphatic heterocycles. The zero-order valence-electron chi connectivity index (χ0n) is 9.39. The van der Waals surface area contributed by atoms with Gasteiger partial charge in [0, 0.05) is 5.69 Å². The van der Waals surface area contributed by atoms with Gasteiger partial charge in [-0.3, -0.25) is 4.72 Å². The lowest BCUT2D eigenvalue weighted by Crippen LogP contribution is -2.17. The normalized spacial score (nSPS) is 15.2. The number of hydrogen-bond acceptors (Lipinski definition) is 3. The minimum atomic E-state index is -3.24. The van der Waals surface area contributed by atoms with Gasteiger partial charge in [0.05, 0.1) is 17.4 Å². The SMILES string of the molecule is N#Cc1ccc(NS(=O)(=O)CCC2CC2)cc1. The quantitative estimate of drug-likeness (QED) is 0.870. The van der Waals surface area contributed by atoms with Crippen LogP contribution in [0, 0.1) is 17.2 Å². The summed E-state index contributed by atoms with van der Waals surface area (Å²) in [6.07, 6.45) is 3.06. The Morgan fingerprint density at radius 3 is 2.47 bits per heavy atom. The second-order valence-corrected chi connectivity index (χ2v) is 6.18. The van der Waals surface area contributed by atoms with E-state index in [1.54, 1.807) is 24.3 Å². The third kappa shape index (κ3) is 3.75. The van der Waals surface area contributed by atoms with Crippen molar-refractivity contribution in [1.29, 1.82) is 5.26 Å². The molecule has 1 aromatic carbocycles. The number of nitrogens with zero attached hydrogens (tertiary/aromatic N) is 1. The van der Waals surface area contributed by atoms with Crippen molar-refractivity contribution in [3.8, 4) is 6.07 Å². The van der Waals surface area contributed by atoms with Gasteiger partial charge >= 0.3 is 0 Å². The van der Waals surface area contributed by atoms with Crippen LogP contribution in [0.5, 0.6) is 0 Å². The van der Waals surface area contributed by atoms with Crippen LogP contribution < -0.4 is 4.72 Å². The highest BCUT2D eigenvalue weighted by Gasteiger charge is 2.23. The predicted octanol–water partition coefficient (Wildman–Crippen LogP) is 2.10. The van der Waals surface area contributed by atoms with Crippen molar-refractivity contribution in [2.45, 2.75) is 19.3 Å². The van der Waals surface area contributed by atoms with E-state index in [0.717, 1.165) is 19.3 Å². The second kappa shape index (κ2) is 4.76. The fraction of sp³-hybridized carbons (Fsp3) is 0.417. The Bertz CT molecular complexity index is 525. The van der Waals surface area contributed by atoms with E-state index >= 15 is 0 Å². The molecular weight excluding hydrogens is 236 g/mol. The number of sulfonamides is 1. The molecule has 5 heteroatoms. The van der Waals surface area contributed by atoms with Gasteiger partial charge in [0.2, 0.25) is 10.0 Å². The molecule has 1 fully saturated rings. The van der Waals surface area contributed by atoms with Crippen molar-refractivity contribution in [3.05, 3.63) is 29.8 Å². The molecule has 0 amide bonds. The molecule has 0 aromatic heterocycles. The Kier molecular flexibility index (Phi) is 3.34. The van der Waals surface area contributed by atoms with Crippen molar-refractivity contribution in [2.75, 3.05) is 10.5 Å². The van der Waals surface area contributed by atoms with Gasteiger partial charge < -0.3 is 0 Å². The Balaban J connectivity index is 1.95. The maximum Gasteiger partial charge on any atom is 0.232 e. The molecule has 0 atom stereocenters. The molecule has 0 spiro atoms. The summed E-state index contributed by atoms with van der Waals surface area (Å²) in [5.74, 6) is 0.782. The summed E-state index contributed by atoms with van der Waals surface area (Å²) in [4.78, 5) is 0. The van der Waals surface area contributed by atoms with E-state index in [9.17, 15) is 8.42 Å². The predicted molar refractivity (Wildman–Crippen MR) is 65.9 cm³/mol. The summed E-state index contributed by atoms with van der Waals surface area (Å²) in [5, 5.41) is 8.62. The summed E-state index contributed by atoms with van der Waals surface area (Å²) in [6, 6.07) is 8.39.